The average molecular weight is 216 g/mol. The number of carbonyl (C=O) groups is 1. The van der Waals surface area contributed by atoms with Gasteiger partial charge in [0.1, 0.15) is 11.7 Å². The van der Waals surface area contributed by atoms with Crippen LogP contribution in [0.3, 0.4) is 0 Å². The quantitative estimate of drug-likeness (QED) is 0.371. The molecule has 14 heavy (non-hydrogen) atoms. The van der Waals surface area contributed by atoms with E-state index in [1.165, 1.54) is 0 Å². The van der Waals surface area contributed by atoms with Crippen LogP contribution in [0.2, 0.25) is 0 Å². The van der Waals surface area contributed by atoms with Crippen molar-refractivity contribution in [1.29, 1.82) is 0 Å². The van der Waals surface area contributed by atoms with Crippen LogP contribution in [-0.4, -0.2) is 54.3 Å². The molecule has 1 amide bonds. The van der Waals surface area contributed by atoms with Crippen LogP contribution in [0.25, 0.3) is 0 Å². The molecule has 2 aliphatic heterocycles. The zero-order chi connectivity index (χ0) is 9.97. The van der Waals surface area contributed by atoms with Crippen LogP contribution in [0.5, 0.6) is 0 Å². The van der Waals surface area contributed by atoms with Crippen LogP contribution in [0, 0.1) is 0 Å². The summed E-state index contributed by atoms with van der Waals surface area (Å²) in [7, 11) is 1.66. The molecule has 0 aliphatic carbocycles. The molecule has 0 radical (unpaired) electrons. The summed E-state index contributed by atoms with van der Waals surface area (Å²) in [5, 5.41) is 0.724. The molecule has 1 unspecified atom stereocenters. The largest absolute Gasteiger partial charge is 0.395 e. The zero-order valence-corrected chi connectivity index (χ0v) is 8.96. The van der Waals surface area contributed by atoms with Gasteiger partial charge in [0.25, 0.3) is 0 Å². The molecule has 2 heterocycles. The van der Waals surface area contributed by atoms with Crippen LogP contribution in [0.15, 0.2) is 0 Å². The monoisotopic (exact) mass is 216 g/mol. The maximum Gasteiger partial charge on any atom is 0.395 e. The van der Waals surface area contributed by atoms with Gasteiger partial charge in [-0.05, 0) is 0 Å². The fourth-order valence-corrected chi connectivity index (χ4v) is 2.87. The second-order valence-electron chi connectivity index (χ2n) is 3.35. The lowest BCUT2D eigenvalue weighted by Gasteiger charge is -2.13. The first kappa shape index (κ1) is 10.1. The van der Waals surface area contributed by atoms with Crippen LogP contribution in [0.1, 0.15) is 6.42 Å². The molecule has 4 nitrogen and oxygen atoms in total. The first-order chi connectivity index (χ1) is 6.81. The topological polar surface area (TPSA) is 38.5 Å². The summed E-state index contributed by atoms with van der Waals surface area (Å²) < 4.78 is 12.1. The van der Waals surface area contributed by atoms with Gasteiger partial charge >= 0.3 is 5.91 Å². The molecule has 1 fully saturated rings. The normalized spacial score (nSPS) is 29.8. The highest BCUT2D eigenvalue weighted by molar-refractivity contribution is 8.01. The van der Waals surface area contributed by atoms with Crippen LogP contribution >= 0.6 is 11.8 Å². The van der Waals surface area contributed by atoms with Crippen LogP contribution in [0.4, 0.5) is 0 Å². The molecule has 2 aliphatic rings. The minimum atomic E-state index is 0.238. The first-order valence-corrected chi connectivity index (χ1v) is 5.64. The van der Waals surface area contributed by atoms with E-state index in [-0.39, 0.29) is 5.91 Å². The summed E-state index contributed by atoms with van der Waals surface area (Å²) in [5.41, 5.74) is 0. The van der Waals surface area contributed by atoms with E-state index >= 15 is 0 Å². The number of rotatable bonds is 5. The third-order valence-electron chi connectivity index (χ3n) is 2.32. The molecule has 2 atom stereocenters. The number of hydrogen-bond donors (Lipinski definition) is 0. The number of fused-ring (bicyclic) bond motifs is 1. The lowest BCUT2D eigenvalue weighted by molar-refractivity contribution is -0.497. The Morgan fingerprint density at radius 3 is 3.14 bits per heavy atom. The highest BCUT2D eigenvalue weighted by atomic mass is 32.2. The molecule has 0 N–H and O–H groups in total. The molecule has 0 spiro atoms. The molecule has 1 saturated heterocycles. The Hall–Kier alpha value is -0.390. The predicted molar refractivity (Wildman–Crippen MR) is 53.8 cm³/mol. The number of amides is 1. The number of ether oxygens (including phenoxy) is 2. The van der Waals surface area contributed by atoms with E-state index in [0.29, 0.717) is 36.9 Å². The third-order valence-corrected chi connectivity index (χ3v) is 3.64. The summed E-state index contributed by atoms with van der Waals surface area (Å²) in [4.78, 5) is 11.1. The molecule has 5 heteroatoms. The van der Waals surface area contributed by atoms with Gasteiger partial charge in [0, 0.05) is 7.11 Å². The van der Waals surface area contributed by atoms with Gasteiger partial charge in [-0.2, -0.15) is 4.58 Å². The maximum atomic E-state index is 11.1. The molecular weight excluding hydrogens is 202 g/mol. The van der Waals surface area contributed by atoms with Crippen molar-refractivity contribution in [2.24, 2.45) is 0 Å². The molecule has 0 saturated carbocycles. The second kappa shape index (κ2) is 4.42. The number of hydrogen-bond acceptors (Lipinski definition) is 4. The first-order valence-electron chi connectivity index (χ1n) is 4.69. The number of nitrogens with zero attached hydrogens (tertiary/aromatic N) is 1. The standard InChI is InChI=1S/C9H14NO3S/c1-12-2-3-13-6-7-5-10-8(11)4-9(10)14-7/h5,7,9H,2-4,6H2,1H3/q+1/t7?,9-/m0/s1. The molecule has 0 aromatic heterocycles. The number of thioether (sulfide) groups is 1. The average Bonchev–Trinajstić information content (AvgIpc) is 2.50. The Morgan fingerprint density at radius 1 is 1.64 bits per heavy atom. The van der Waals surface area contributed by atoms with Crippen molar-refractivity contribution in [2.45, 2.75) is 17.0 Å². The number of β-lactam (4-membered cyclic amide) rings is 1. The lowest BCUT2D eigenvalue weighted by Crippen LogP contribution is -2.40. The number of methoxy groups -OCH3 is 1. The van der Waals surface area contributed by atoms with Gasteiger partial charge in [0.05, 0.1) is 19.8 Å². The fraction of sp³-hybridized carbons (Fsp3) is 0.778. The van der Waals surface area contributed by atoms with Crippen LogP contribution < -0.4 is 0 Å². The Labute approximate surface area is 87.3 Å². The van der Waals surface area contributed by atoms with E-state index < -0.39 is 0 Å². The number of carbonyl (C=O) groups excluding carboxylic acids is 1. The Kier molecular flexibility index (Phi) is 3.20. The van der Waals surface area contributed by atoms with E-state index in [1.54, 1.807) is 18.9 Å². The van der Waals surface area contributed by atoms with Crippen molar-refractivity contribution in [3.05, 3.63) is 0 Å². The zero-order valence-electron chi connectivity index (χ0n) is 8.14. The van der Waals surface area contributed by atoms with Gasteiger partial charge in [-0.3, -0.25) is 0 Å². The van der Waals surface area contributed by atoms with E-state index in [2.05, 4.69) is 0 Å². The summed E-state index contributed by atoms with van der Waals surface area (Å²) in [5.74, 6) is 0.238. The molecule has 0 aromatic carbocycles. The molecule has 78 valence electrons. The van der Waals surface area contributed by atoms with Gasteiger partial charge in [0.2, 0.25) is 5.37 Å². The Balaban J connectivity index is 1.69. The summed E-state index contributed by atoms with van der Waals surface area (Å²) in [6, 6.07) is 0. The summed E-state index contributed by atoms with van der Waals surface area (Å²) >= 11 is 1.81. The molecule has 0 bridgehead atoms. The smallest absolute Gasteiger partial charge is 0.382 e. The minimum absolute atomic E-state index is 0.238. The minimum Gasteiger partial charge on any atom is -0.382 e. The van der Waals surface area contributed by atoms with E-state index in [1.807, 2.05) is 10.8 Å². The fourth-order valence-electron chi connectivity index (χ4n) is 1.53. The van der Waals surface area contributed by atoms with Crippen molar-refractivity contribution in [1.82, 2.24) is 0 Å². The van der Waals surface area contributed by atoms with Gasteiger partial charge in [0.15, 0.2) is 6.21 Å². The van der Waals surface area contributed by atoms with Crippen LogP contribution in [-0.2, 0) is 14.3 Å². The van der Waals surface area contributed by atoms with E-state index in [9.17, 15) is 4.79 Å². The van der Waals surface area contributed by atoms with Crippen molar-refractivity contribution >= 4 is 23.9 Å². The van der Waals surface area contributed by atoms with Crippen molar-refractivity contribution in [3.8, 4) is 0 Å². The predicted octanol–water partition coefficient (Wildman–Crippen LogP) is 0.104. The SMILES string of the molecule is COCCOCC1C=[N+]2C(=O)C[C@@H]2S1. The third kappa shape index (κ3) is 1.99. The Morgan fingerprint density at radius 2 is 2.50 bits per heavy atom. The van der Waals surface area contributed by atoms with Gasteiger partial charge in [-0.25, -0.2) is 4.79 Å². The maximum absolute atomic E-state index is 11.1. The Bertz CT molecular complexity index is 267. The highest BCUT2D eigenvalue weighted by Crippen LogP contribution is 2.33. The van der Waals surface area contributed by atoms with E-state index in [4.69, 9.17) is 9.47 Å². The second-order valence-corrected chi connectivity index (χ2v) is 4.77. The van der Waals surface area contributed by atoms with Gasteiger partial charge in [-0.1, -0.05) is 11.8 Å². The molecule has 2 rings (SSSR count). The van der Waals surface area contributed by atoms with Crippen molar-refractivity contribution < 1.29 is 18.8 Å². The summed E-state index contributed by atoms with van der Waals surface area (Å²) in [6.07, 6.45) is 2.67. The molecule has 0 aromatic rings. The summed E-state index contributed by atoms with van der Waals surface area (Å²) in [6.45, 7) is 1.93. The van der Waals surface area contributed by atoms with Gasteiger partial charge in [-0.15, -0.1) is 0 Å². The van der Waals surface area contributed by atoms with Crippen molar-refractivity contribution in [3.63, 3.8) is 0 Å². The lowest BCUT2D eigenvalue weighted by atomic mass is 10.2. The van der Waals surface area contributed by atoms with Gasteiger partial charge < -0.3 is 9.47 Å². The van der Waals surface area contributed by atoms with Crippen molar-refractivity contribution in [2.75, 3.05) is 26.9 Å². The molecular formula is C9H14NO3S+. The van der Waals surface area contributed by atoms with E-state index in [0.717, 1.165) is 0 Å². The highest BCUT2D eigenvalue weighted by Gasteiger charge is 2.49.